The molecule has 1 aromatic heterocycles. The van der Waals surface area contributed by atoms with Gasteiger partial charge in [-0.15, -0.1) is 0 Å². The topological polar surface area (TPSA) is 59.0 Å². The van der Waals surface area contributed by atoms with Gasteiger partial charge in [0.25, 0.3) is 0 Å². The van der Waals surface area contributed by atoms with Gasteiger partial charge in [-0.05, 0) is 43.3 Å². The average molecular weight is 320 g/mol. The fraction of sp³-hybridized carbons (Fsp3) is 0.158. The first-order chi connectivity index (χ1) is 11.6. The monoisotopic (exact) mass is 320 g/mol. The van der Waals surface area contributed by atoms with Crippen molar-refractivity contribution in [2.45, 2.75) is 19.9 Å². The van der Waals surface area contributed by atoms with Gasteiger partial charge in [0.15, 0.2) is 0 Å². The highest BCUT2D eigenvalue weighted by Gasteiger charge is 2.09. The van der Waals surface area contributed by atoms with Gasteiger partial charge in [-0.1, -0.05) is 18.2 Å². The highest BCUT2D eigenvalue weighted by molar-refractivity contribution is 5.88. The van der Waals surface area contributed by atoms with Crippen molar-refractivity contribution in [2.75, 3.05) is 10.6 Å². The summed E-state index contributed by atoms with van der Waals surface area (Å²) < 4.78 is 1.87. The van der Waals surface area contributed by atoms with E-state index in [1.165, 1.54) is 6.92 Å². The molecule has 0 bridgehead atoms. The molecule has 0 aliphatic rings. The Morgan fingerprint density at radius 3 is 2.38 bits per heavy atom. The second-order valence-corrected chi connectivity index (χ2v) is 5.68. The number of hydrogen-bond donors (Lipinski definition) is 2. The van der Waals surface area contributed by atoms with E-state index in [2.05, 4.69) is 22.7 Å². The van der Waals surface area contributed by atoms with E-state index in [0.29, 0.717) is 0 Å². The Bertz CT molecular complexity index is 809. The third kappa shape index (κ3) is 3.81. The number of hydrogen-bond acceptors (Lipinski definition) is 3. The van der Waals surface area contributed by atoms with E-state index in [4.69, 9.17) is 0 Å². The van der Waals surface area contributed by atoms with Gasteiger partial charge < -0.3 is 10.6 Å². The van der Waals surface area contributed by atoms with Gasteiger partial charge in [0.05, 0.1) is 17.9 Å². The van der Waals surface area contributed by atoms with Gasteiger partial charge in [0.2, 0.25) is 5.91 Å². The summed E-state index contributed by atoms with van der Waals surface area (Å²) in [6.07, 6.45) is 3.90. The second kappa shape index (κ2) is 7.00. The minimum atomic E-state index is -0.0718. The molecule has 3 rings (SSSR count). The van der Waals surface area contributed by atoms with Crippen molar-refractivity contribution < 1.29 is 4.79 Å². The highest BCUT2D eigenvalue weighted by atomic mass is 16.1. The zero-order valence-corrected chi connectivity index (χ0v) is 13.7. The number of benzene rings is 2. The second-order valence-electron chi connectivity index (χ2n) is 5.68. The van der Waals surface area contributed by atoms with Crippen LogP contribution in [0.1, 0.15) is 25.5 Å². The molecule has 0 spiro atoms. The number of anilines is 2. The molecule has 5 heteroatoms. The Balaban J connectivity index is 1.68. The molecule has 0 aliphatic heterocycles. The fourth-order valence-corrected chi connectivity index (χ4v) is 2.47. The van der Waals surface area contributed by atoms with Crippen LogP contribution in [-0.2, 0) is 4.79 Å². The van der Waals surface area contributed by atoms with Crippen molar-refractivity contribution in [3.63, 3.8) is 0 Å². The minimum Gasteiger partial charge on any atom is -0.378 e. The van der Waals surface area contributed by atoms with Gasteiger partial charge in [0, 0.05) is 30.1 Å². The lowest BCUT2D eigenvalue weighted by Gasteiger charge is -2.14. The van der Waals surface area contributed by atoms with Crippen molar-refractivity contribution >= 4 is 17.3 Å². The van der Waals surface area contributed by atoms with Crippen LogP contribution in [-0.4, -0.2) is 15.7 Å². The van der Waals surface area contributed by atoms with Crippen LogP contribution >= 0.6 is 0 Å². The van der Waals surface area contributed by atoms with Gasteiger partial charge >= 0.3 is 0 Å². The lowest BCUT2D eigenvalue weighted by molar-refractivity contribution is -0.114. The van der Waals surface area contributed by atoms with E-state index < -0.39 is 0 Å². The summed E-state index contributed by atoms with van der Waals surface area (Å²) in [5.41, 5.74) is 3.92. The van der Waals surface area contributed by atoms with Crippen molar-refractivity contribution in [1.82, 2.24) is 9.78 Å². The molecule has 1 amide bonds. The van der Waals surface area contributed by atoms with Crippen LogP contribution in [0.2, 0.25) is 0 Å². The third-order valence-electron chi connectivity index (χ3n) is 3.71. The van der Waals surface area contributed by atoms with Crippen molar-refractivity contribution in [1.29, 1.82) is 0 Å². The molecule has 1 heterocycles. The predicted octanol–water partition coefficient (Wildman–Crippen LogP) is 4.00. The molecule has 0 radical (unpaired) electrons. The van der Waals surface area contributed by atoms with Crippen LogP contribution in [0.4, 0.5) is 11.4 Å². The molecular weight excluding hydrogens is 300 g/mol. The third-order valence-corrected chi connectivity index (χ3v) is 3.71. The van der Waals surface area contributed by atoms with Crippen LogP contribution in [0.25, 0.3) is 5.69 Å². The van der Waals surface area contributed by atoms with E-state index in [1.807, 2.05) is 71.7 Å². The molecule has 1 unspecified atom stereocenters. The summed E-state index contributed by atoms with van der Waals surface area (Å²) >= 11 is 0. The number of rotatable bonds is 5. The average Bonchev–Trinajstić information content (AvgIpc) is 3.07. The standard InChI is InChI=1S/C19H20N4O/c1-14(21-17-8-10-18(11-9-17)22-15(2)24)16-12-20-23(13-16)19-6-4-3-5-7-19/h3-14,21H,1-2H3,(H,22,24). The summed E-state index contributed by atoms with van der Waals surface area (Å²) in [6, 6.07) is 17.8. The number of amides is 1. The van der Waals surface area contributed by atoms with E-state index >= 15 is 0 Å². The van der Waals surface area contributed by atoms with Crippen LogP contribution in [0, 0.1) is 0 Å². The Morgan fingerprint density at radius 1 is 1.04 bits per heavy atom. The van der Waals surface area contributed by atoms with Crippen molar-refractivity contribution in [3.8, 4) is 5.69 Å². The van der Waals surface area contributed by atoms with Crippen LogP contribution < -0.4 is 10.6 Å². The number of nitrogens with one attached hydrogen (secondary N) is 2. The Kier molecular flexibility index (Phi) is 4.61. The quantitative estimate of drug-likeness (QED) is 0.747. The van der Waals surface area contributed by atoms with Gasteiger partial charge in [-0.2, -0.15) is 5.10 Å². The molecule has 0 saturated heterocycles. The summed E-state index contributed by atoms with van der Waals surface area (Å²) in [5.74, 6) is -0.0718. The largest absolute Gasteiger partial charge is 0.378 e. The lowest BCUT2D eigenvalue weighted by Crippen LogP contribution is -2.07. The highest BCUT2D eigenvalue weighted by Crippen LogP contribution is 2.21. The first-order valence-electron chi connectivity index (χ1n) is 7.86. The van der Waals surface area contributed by atoms with E-state index in [9.17, 15) is 4.79 Å². The zero-order valence-electron chi connectivity index (χ0n) is 13.7. The maximum Gasteiger partial charge on any atom is 0.221 e. The van der Waals surface area contributed by atoms with Crippen LogP contribution in [0.15, 0.2) is 67.0 Å². The molecule has 3 aromatic rings. The smallest absolute Gasteiger partial charge is 0.221 e. The van der Waals surface area contributed by atoms with E-state index in [0.717, 1.165) is 22.6 Å². The molecule has 0 aliphatic carbocycles. The Labute approximate surface area is 141 Å². The predicted molar refractivity (Wildman–Crippen MR) is 96.3 cm³/mol. The molecule has 1 atom stereocenters. The number of carbonyl (C=O) groups is 1. The maximum absolute atomic E-state index is 11.0. The summed E-state index contributed by atoms with van der Waals surface area (Å²) in [5, 5.41) is 10.6. The Morgan fingerprint density at radius 2 is 1.71 bits per heavy atom. The first kappa shape index (κ1) is 15.8. The van der Waals surface area contributed by atoms with Gasteiger partial charge in [-0.3, -0.25) is 4.79 Å². The molecular formula is C19H20N4O. The Hall–Kier alpha value is -3.08. The maximum atomic E-state index is 11.0. The number of para-hydroxylation sites is 1. The van der Waals surface area contributed by atoms with Crippen LogP contribution in [0.3, 0.4) is 0 Å². The zero-order chi connectivity index (χ0) is 16.9. The molecule has 2 N–H and O–H groups in total. The van der Waals surface area contributed by atoms with Crippen molar-refractivity contribution in [2.24, 2.45) is 0 Å². The number of carbonyl (C=O) groups excluding carboxylic acids is 1. The molecule has 2 aromatic carbocycles. The summed E-state index contributed by atoms with van der Waals surface area (Å²) in [4.78, 5) is 11.0. The first-order valence-corrected chi connectivity index (χ1v) is 7.86. The molecule has 0 fully saturated rings. The normalized spacial score (nSPS) is 11.8. The lowest BCUT2D eigenvalue weighted by atomic mass is 10.1. The van der Waals surface area contributed by atoms with E-state index in [1.54, 1.807) is 0 Å². The fourth-order valence-electron chi connectivity index (χ4n) is 2.47. The number of aromatic nitrogens is 2. The molecule has 24 heavy (non-hydrogen) atoms. The number of nitrogens with zero attached hydrogens (tertiary/aromatic N) is 2. The van der Waals surface area contributed by atoms with E-state index in [-0.39, 0.29) is 11.9 Å². The molecule has 5 nitrogen and oxygen atoms in total. The SMILES string of the molecule is CC(=O)Nc1ccc(NC(C)c2cnn(-c3ccccc3)c2)cc1. The summed E-state index contributed by atoms with van der Waals surface area (Å²) in [6.45, 7) is 3.59. The van der Waals surface area contributed by atoms with Gasteiger partial charge in [0.1, 0.15) is 0 Å². The van der Waals surface area contributed by atoms with Gasteiger partial charge in [-0.25, -0.2) is 4.68 Å². The van der Waals surface area contributed by atoms with Crippen molar-refractivity contribution in [3.05, 3.63) is 72.6 Å². The van der Waals surface area contributed by atoms with Crippen LogP contribution in [0.5, 0.6) is 0 Å². The minimum absolute atomic E-state index is 0.0718. The molecule has 0 saturated carbocycles. The summed E-state index contributed by atoms with van der Waals surface area (Å²) in [7, 11) is 0. The molecule has 122 valence electrons.